The molecule has 0 bridgehead atoms. The molecule has 1 aliphatic heterocycles. The molecule has 0 aromatic heterocycles. The standard InChI is InChI=1S/C17H22FN3O5/c1-17(2,3)26-16(25)21-8-7-20(10-13(21)14(22)23)15(24)19-12-6-4-5-11(18)9-12/h4-6,9,13H,7-8,10H2,1-3H3,(H,19,24)(H,22,23). The summed E-state index contributed by atoms with van der Waals surface area (Å²) >= 11 is 0. The SMILES string of the molecule is CC(C)(C)OC(=O)N1CCN(C(=O)Nc2cccc(F)c2)CC1C(=O)O. The molecule has 142 valence electrons. The van der Waals surface area contributed by atoms with Crippen LogP contribution in [-0.4, -0.2) is 64.3 Å². The number of hydrogen-bond acceptors (Lipinski definition) is 4. The molecule has 8 nitrogen and oxygen atoms in total. The number of rotatable bonds is 2. The number of carboxylic acid groups (broad SMARTS) is 1. The first-order valence-electron chi connectivity index (χ1n) is 8.11. The molecule has 1 heterocycles. The van der Waals surface area contributed by atoms with Crippen LogP contribution < -0.4 is 5.32 Å². The van der Waals surface area contributed by atoms with Crippen LogP contribution in [0, 0.1) is 5.82 Å². The molecule has 3 amide bonds. The van der Waals surface area contributed by atoms with E-state index in [0.29, 0.717) is 0 Å². The third-order valence-corrected chi connectivity index (χ3v) is 3.66. The highest BCUT2D eigenvalue weighted by molar-refractivity contribution is 5.90. The molecule has 1 aromatic carbocycles. The van der Waals surface area contributed by atoms with E-state index in [1.807, 2.05) is 0 Å². The van der Waals surface area contributed by atoms with Crippen molar-refractivity contribution < 1.29 is 28.6 Å². The Morgan fingerprint density at radius 3 is 2.54 bits per heavy atom. The number of ether oxygens (including phenoxy) is 1. The molecular weight excluding hydrogens is 345 g/mol. The molecule has 1 saturated heterocycles. The van der Waals surface area contributed by atoms with Crippen LogP contribution in [0.25, 0.3) is 0 Å². The van der Waals surface area contributed by atoms with E-state index in [4.69, 9.17) is 4.74 Å². The minimum atomic E-state index is -1.24. The lowest BCUT2D eigenvalue weighted by atomic mass is 10.1. The van der Waals surface area contributed by atoms with Gasteiger partial charge in [-0.1, -0.05) is 6.07 Å². The van der Waals surface area contributed by atoms with Gasteiger partial charge in [0.05, 0.1) is 6.54 Å². The number of carbonyl (C=O) groups excluding carboxylic acids is 2. The van der Waals surface area contributed by atoms with Crippen LogP contribution >= 0.6 is 0 Å². The highest BCUT2D eigenvalue weighted by Crippen LogP contribution is 2.17. The van der Waals surface area contributed by atoms with Crippen molar-refractivity contribution >= 4 is 23.8 Å². The highest BCUT2D eigenvalue weighted by atomic mass is 19.1. The smallest absolute Gasteiger partial charge is 0.411 e. The van der Waals surface area contributed by atoms with E-state index in [2.05, 4.69) is 5.32 Å². The van der Waals surface area contributed by atoms with Gasteiger partial charge in [-0.15, -0.1) is 0 Å². The highest BCUT2D eigenvalue weighted by Gasteiger charge is 2.39. The number of nitrogens with one attached hydrogen (secondary N) is 1. The zero-order valence-electron chi connectivity index (χ0n) is 14.9. The predicted molar refractivity (Wildman–Crippen MR) is 91.4 cm³/mol. The molecule has 0 radical (unpaired) electrons. The van der Waals surface area contributed by atoms with Crippen LogP contribution in [0.3, 0.4) is 0 Å². The van der Waals surface area contributed by atoms with Gasteiger partial charge in [-0.2, -0.15) is 0 Å². The Morgan fingerprint density at radius 2 is 1.96 bits per heavy atom. The number of piperazine rings is 1. The average molecular weight is 367 g/mol. The van der Waals surface area contributed by atoms with Crippen molar-refractivity contribution in [3.63, 3.8) is 0 Å². The molecule has 0 aliphatic carbocycles. The minimum Gasteiger partial charge on any atom is -0.480 e. The molecule has 1 aliphatic rings. The first kappa shape index (κ1) is 19.5. The molecule has 9 heteroatoms. The molecule has 0 saturated carbocycles. The minimum absolute atomic E-state index is 0.0163. The number of anilines is 1. The van der Waals surface area contributed by atoms with Crippen molar-refractivity contribution in [3.05, 3.63) is 30.1 Å². The van der Waals surface area contributed by atoms with Gasteiger partial charge in [0.2, 0.25) is 0 Å². The number of carbonyl (C=O) groups is 3. The number of aliphatic carboxylic acids is 1. The lowest BCUT2D eigenvalue weighted by Crippen LogP contribution is -2.60. The largest absolute Gasteiger partial charge is 0.480 e. The van der Waals surface area contributed by atoms with Crippen molar-refractivity contribution in [2.45, 2.75) is 32.4 Å². The van der Waals surface area contributed by atoms with Gasteiger partial charge in [-0.05, 0) is 39.0 Å². The van der Waals surface area contributed by atoms with Crippen molar-refractivity contribution in [1.82, 2.24) is 9.80 Å². The Balaban J connectivity index is 2.05. The number of halogens is 1. The van der Waals surface area contributed by atoms with Crippen LogP contribution in [0.1, 0.15) is 20.8 Å². The summed E-state index contributed by atoms with van der Waals surface area (Å²) in [6.45, 7) is 5.00. The zero-order valence-corrected chi connectivity index (χ0v) is 14.9. The summed E-state index contributed by atoms with van der Waals surface area (Å²) in [7, 11) is 0. The van der Waals surface area contributed by atoms with Gasteiger partial charge in [0, 0.05) is 18.8 Å². The van der Waals surface area contributed by atoms with Crippen molar-refractivity contribution in [2.75, 3.05) is 25.0 Å². The molecule has 1 aromatic rings. The first-order valence-corrected chi connectivity index (χ1v) is 8.11. The van der Waals surface area contributed by atoms with Crippen molar-refractivity contribution in [1.29, 1.82) is 0 Å². The summed E-state index contributed by atoms with van der Waals surface area (Å²) in [5.41, 5.74) is -0.497. The van der Waals surface area contributed by atoms with E-state index in [-0.39, 0.29) is 25.3 Å². The van der Waals surface area contributed by atoms with Gasteiger partial charge in [0.15, 0.2) is 6.04 Å². The third-order valence-electron chi connectivity index (χ3n) is 3.66. The number of urea groups is 1. The molecule has 26 heavy (non-hydrogen) atoms. The van der Waals surface area contributed by atoms with Gasteiger partial charge in [0.25, 0.3) is 0 Å². The summed E-state index contributed by atoms with van der Waals surface area (Å²) in [6.07, 6.45) is -0.741. The molecule has 1 unspecified atom stereocenters. The Hall–Kier alpha value is -2.84. The lowest BCUT2D eigenvalue weighted by Gasteiger charge is -2.39. The quantitative estimate of drug-likeness (QED) is 0.836. The van der Waals surface area contributed by atoms with E-state index in [9.17, 15) is 23.9 Å². The van der Waals surface area contributed by atoms with Gasteiger partial charge in [0.1, 0.15) is 11.4 Å². The van der Waals surface area contributed by atoms with E-state index < -0.39 is 35.6 Å². The van der Waals surface area contributed by atoms with Gasteiger partial charge < -0.3 is 20.1 Å². The summed E-state index contributed by atoms with van der Waals surface area (Å²) in [5.74, 6) is -1.74. The van der Waals surface area contributed by atoms with Crippen molar-refractivity contribution in [2.24, 2.45) is 0 Å². The maximum atomic E-state index is 13.2. The summed E-state index contributed by atoms with van der Waals surface area (Å²) in [6, 6.07) is 3.58. The predicted octanol–water partition coefficient (Wildman–Crippen LogP) is 2.36. The van der Waals surface area contributed by atoms with Crippen LogP contribution in [0.15, 0.2) is 24.3 Å². The van der Waals surface area contributed by atoms with Crippen LogP contribution in [-0.2, 0) is 9.53 Å². The van der Waals surface area contributed by atoms with Crippen LogP contribution in [0.2, 0.25) is 0 Å². The Labute approximate surface area is 150 Å². The van der Waals surface area contributed by atoms with Gasteiger partial charge in [-0.3, -0.25) is 4.90 Å². The third kappa shape index (κ3) is 5.08. The Kier molecular flexibility index (Phi) is 5.69. The molecule has 1 atom stereocenters. The second-order valence-corrected chi connectivity index (χ2v) is 6.91. The summed E-state index contributed by atoms with van der Waals surface area (Å²) in [5, 5.41) is 11.9. The van der Waals surface area contributed by atoms with Gasteiger partial charge in [-0.25, -0.2) is 18.8 Å². The van der Waals surface area contributed by atoms with E-state index in [0.717, 1.165) is 11.0 Å². The molecular formula is C17H22FN3O5. The number of amides is 3. The second kappa shape index (κ2) is 7.59. The topological polar surface area (TPSA) is 99.2 Å². The van der Waals surface area contributed by atoms with Crippen LogP contribution in [0.4, 0.5) is 19.7 Å². The number of benzene rings is 1. The second-order valence-electron chi connectivity index (χ2n) is 6.91. The fraction of sp³-hybridized carbons (Fsp3) is 0.471. The summed E-state index contributed by atoms with van der Waals surface area (Å²) < 4.78 is 18.4. The lowest BCUT2D eigenvalue weighted by molar-refractivity contribution is -0.144. The van der Waals surface area contributed by atoms with E-state index in [1.165, 1.54) is 23.1 Å². The normalized spacial score (nSPS) is 17.6. The fourth-order valence-electron chi connectivity index (χ4n) is 2.49. The van der Waals surface area contributed by atoms with E-state index >= 15 is 0 Å². The van der Waals surface area contributed by atoms with Crippen LogP contribution in [0.5, 0.6) is 0 Å². The zero-order chi connectivity index (χ0) is 19.5. The number of carboxylic acids is 1. The Morgan fingerprint density at radius 1 is 1.27 bits per heavy atom. The molecule has 2 N–H and O–H groups in total. The summed E-state index contributed by atoms with van der Waals surface area (Å²) in [4.78, 5) is 38.4. The number of nitrogens with zero attached hydrogens (tertiary/aromatic N) is 2. The molecule has 0 spiro atoms. The van der Waals surface area contributed by atoms with E-state index in [1.54, 1.807) is 20.8 Å². The molecule has 1 fully saturated rings. The first-order chi connectivity index (χ1) is 12.1. The maximum Gasteiger partial charge on any atom is 0.411 e. The molecule has 2 rings (SSSR count). The van der Waals surface area contributed by atoms with Gasteiger partial charge >= 0.3 is 18.1 Å². The fourth-order valence-corrected chi connectivity index (χ4v) is 2.49. The average Bonchev–Trinajstić information content (AvgIpc) is 2.52. The van der Waals surface area contributed by atoms with Crippen molar-refractivity contribution in [3.8, 4) is 0 Å². The maximum absolute atomic E-state index is 13.2. The number of hydrogen-bond donors (Lipinski definition) is 2. The Bertz CT molecular complexity index is 704. The monoisotopic (exact) mass is 367 g/mol.